The molecule has 4 amide bonds. The molecule has 1 fully saturated rings. The second-order valence-corrected chi connectivity index (χ2v) is 7.86. The number of hydrogen-bond acceptors (Lipinski definition) is 4. The van der Waals surface area contributed by atoms with Crippen molar-refractivity contribution < 1.29 is 23.5 Å². The molecule has 3 aromatic rings. The molecule has 0 radical (unpaired) electrons. The zero-order valence-electron chi connectivity index (χ0n) is 16.8. The third kappa shape index (κ3) is 4.89. The number of benzene rings is 3. The number of nitrogens with zero attached hydrogens (tertiary/aromatic N) is 1. The lowest BCUT2D eigenvalue weighted by molar-refractivity contribution is -0.122. The van der Waals surface area contributed by atoms with Gasteiger partial charge in [0, 0.05) is 10.6 Å². The molecule has 1 saturated heterocycles. The van der Waals surface area contributed by atoms with Crippen molar-refractivity contribution in [2.45, 2.75) is 6.61 Å². The minimum absolute atomic E-state index is 0.0991. The van der Waals surface area contributed by atoms with Gasteiger partial charge in [-0.15, -0.1) is 0 Å². The molecule has 1 N–H and O–H groups in total. The maximum absolute atomic E-state index is 13.3. The number of anilines is 1. The summed E-state index contributed by atoms with van der Waals surface area (Å²) in [7, 11) is 0. The second kappa shape index (κ2) is 9.44. The van der Waals surface area contributed by atoms with Crippen molar-refractivity contribution in [3.8, 4) is 5.75 Å². The zero-order valence-corrected chi connectivity index (χ0v) is 18.4. The first-order valence-corrected chi connectivity index (χ1v) is 10.4. The Bertz CT molecular complexity index is 1280. The van der Waals surface area contributed by atoms with Gasteiger partial charge in [0.2, 0.25) is 0 Å². The number of amides is 4. The number of ether oxygens (including phenoxy) is 1. The van der Waals surface area contributed by atoms with Gasteiger partial charge in [0.15, 0.2) is 0 Å². The summed E-state index contributed by atoms with van der Waals surface area (Å²) in [4.78, 5) is 38.6. The summed E-state index contributed by atoms with van der Waals surface area (Å²) in [6.07, 6.45) is 1.25. The number of barbiturate groups is 1. The topological polar surface area (TPSA) is 75.7 Å². The molecule has 0 bridgehead atoms. The molecule has 0 atom stereocenters. The number of halogens is 3. The number of nitrogens with one attached hydrogen (secondary N) is 1. The third-order valence-corrected chi connectivity index (χ3v) is 5.25. The molecule has 0 aliphatic carbocycles. The standard InChI is InChI=1S/C24H15Cl2FN2O4/c25-16-10-15(21(20(26)12-16)33-13-14-4-2-1-3-5-14)11-19-22(30)28-24(32)29(23(19)31)18-8-6-17(27)7-9-18/h1-12H,13H2,(H,28,30,32)/b19-11+. The summed E-state index contributed by atoms with van der Waals surface area (Å²) >= 11 is 12.5. The molecule has 4 rings (SSSR count). The van der Waals surface area contributed by atoms with Crippen LogP contribution in [-0.2, 0) is 16.2 Å². The van der Waals surface area contributed by atoms with E-state index in [0.717, 1.165) is 22.6 Å². The van der Waals surface area contributed by atoms with Crippen LogP contribution < -0.4 is 15.0 Å². The minimum Gasteiger partial charge on any atom is -0.487 e. The molecule has 0 unspecified atom stereocenters. The fraction of sp³-hybridized carbons (Fsp3) is 0.0417. The molecule has 6 nitrogen and oxygen atoms in total. The number of imide groups is 2. The SMILES string of the molecule is O=C1NC(=O)N(c2ccc(F)cc2)C(=O)/C1=C/c1cc(Cl)cc(Cl)c1OCc1ccccc1. The molecule has 33 heavy (non-hydrogen) atoms. The summed E-state index contributed by atoms with van der Waals surface area (Å²) in [5.74, 6) is -2.11. The molecule has 9 heteroatoms. The van der Waals surface area contributed by atoms with E-state index in [9.17, 15) is 18.8 Å². The van der Waals surface area contributed by atoms with Gasteiger partial charge in [0.25, 0.3) is 11.8 Å². The van der Waals surface area contributed by atoms with E-state index in [2.05, 4.69) is 5.32 Å². The highest BCUT2D eigenvalue weighted by Crippen LogP contribution is 2.35. The molecular weight excluding hydrogens is 470 g/mol. The van der Waals surface area contributed by atoms with Crippen LogP contribution in [-0.4, -0.2) is 17.8 Å². The first-order chi connectivity index (χ1) is 15.8. The quantitative estimate of drug-likeness (QED) is 0.389. The Morgan fingerprint density at radius 2 is 1.67 bits per heavy atom. The van der Waals surface area contributed by atoms with E-state index in [0.29, 0.717) is 0 Å². The number of carbonyl (C=O) groups excluding carboxylic acids is 3. The summed E-state index contributed by atoms with van der Waals surface area (Å²) in [5, 5.41) is 2.55. The molecular formula is C24H15Cl2FN2O4. The predicted molar refractivity (Wildman–Crippen MR) is 123 cm³/mol. The average Bonchev–Trinajstić information content (AvgIpc) is 2.78. The van der Waals surface area contributed by atoms with Crippen molar-refractivity contribution in [3.63, 3.8) is 0 Å². The summed E-state index contributed by atoms with van der Waals surface area (Å²) < 4.78 is 19.1. The van der Waals surface area contributed by atoms with Crippen LogP contribution in [0.15, 0.2) is 72.3 Å². The number of urea groups is 1. The van der Waals surface area contributed by atoms with Gasteiger partial charge >= 0.3 is 6.03 Å². The molecule has 3 aromatic carbocycles. The normalized spacial score (nSPS) is 15.1. The van der Waals surface area contributed by atoms with Crippen molar-refractivity contribution in [3.05, 3.63) is 99.3 Å². The Hall–Kier alpha value is -3.68. The van der Waals surface area contributed by atoms with Crippen LogP contribution in [0.3, 0.4) is 0 Å². The highest BCUT2D eigenvalue weighted by molar-refractivity contribution is 6.40. The number of rotatable bonds is 5. The lowest BCUT2D eigenvalue weighted by atomic mass is 10.1. The smallest absolute Gasteiger partial charge is 0.335 e. The Morgan fingerprint density at radius 1 is 0.970 bits per heavy atom. The zero-order chi connectivity index (χ0) is 23.5. The fourth-order valence-corrected chi connectivity index (χ4v) is 3.77. The molecule has 1 aliphatic heterocycles. The maximum Gasteiger partial charge on any atom is 0.335 e. The lowest BCUT2D eigenvalue weighted by Gasteiger charge is -2.26. The predicted octanol–water partition coefficient (Wildman–Crippen LogP) is 5.38. The molecule has 0 aromatic heterocycles. The molecule has 1 aliphatic rings. The fourth-order valence-electron chi connectivity index (χ4n) is 3.21. The number of hydrogen-bond donors (Lipinski definition) is 1. The van der Waals surface area contributed by atoms with Gasteiger partial charge in [0.05, 0.1) is 10.7 Å². The van der Waals surface area contributed by atoms with E-state index in [1.807, 2.05) is 30.3 Å². The average molecular weight is 485 g/mol. The third-order valence-electron chi connectivity index (χ3n) is 4.75. The lowest BCUT2D eigenvalue weighted by Crippen LogP contribution is -2.54. The minimum atomic E-state index is -0.946. The largest absolute Gasteiger partial charge is 0.487 e. The molecule has 0 spiro atoms. The number of carbonyl (C=O) groups is 3. The Labute approximate surface area is 198 Å². The maximum atomic E-state index is 13.3. The molecule has 166 valence electrons. The summed E-state index contributed by atoms with van der Waals surface area (Å²) in [6.45, 7) is 0.179. The van der Waals surface area contributed by atoms with Gasteiger partial charge < -0.3 is 4.74 Å². The highest BCUT2D eigenvalue weighted by atomic mass is 35.5. The van der Waals surface area contributed by atoms with E-state index in [1.54, 1.807) is 0 Å². The van der Waals surface area contributed by atoms with Gasteiger partial charge in [-0.3, -0.25) is 14.9 Å². The Morgan fingerprint density at radius 3 is 2.36 bits per heavy atom. The summed E-state index contributed by atoms with van der Waals surface area (Å²) in [6, 6.07) is 16.0. The van der Waals surface area contributed by atoms with Crippen molar-refractivity contribution in [2.24, 2.45) is 0 Å². The highest BCUT2D eigenvalue weighted by Gasteiger charge is 2.37. The van der Waals surface area contributed by atoms with Crippen molar-refractivity contribution in [1.29, 1.82) is 0 Å². The van der Waals surface area contributed by atoms with Gasteiger partial charge in [0.1, 0.15) is 23.7 Å². The Balaban J connectivity index is 1.72. The second-order valence-electron chi connectivity index (χ2n) is 7.01. The van der Waals surface area contributed by atoms with Gasteiger partial charge in [-0.1, -0.05) is 53.5 Å². The Kier molecular flexibility index (Phi) is 6.44. The van der Waals surface area contributed by atoms with Crippen LogP contribution in [0, 0.1) is 5.82 Å². The van der Waals surface area contributed by atoms with Crippen LogP contribution in [0.4, 0.5) is 14.9 Å². The van der Waals surface area contributed by atoms with Crippen molar-refractivity contribution in [2.75, 3.05) is 4.90 Å². The van der Waals surface area contributed by atoms with E-state index in [1.165, 1.54) is 30.3 Å². The van der Waals surface area contributed by atoms with Gasteiger partial charge in [-0.05, 0) is 48.0 Å². The van der Waals surface area contributed by atoms with Crippen LogP contribution in [0.2, 0.25) is 10.0 Å². The van der Waals surface area contributed by atoms with Crippen LogP contribution >= 0.6 is 23.2 Å². The van der Waals surface area contributed by atoms with Gasteiger partial charge in [-0.25, -0.2) is 14.1 Å². The first kappa shape index (κ1) is 22.5. The summed E-state index contributed by atoms with van der Waals surface area (Å²) in [5.41, 5.74) is 0.904. The van der Waals surface area contributed by atoms with Gasteiger partial charge in [-0.2, -0.15) is 0 Å². The van der Waals surface area contributed by atoms with Crippen molar-refractivity contribution in [1.82, 2.24) is 5.32 Å². The van der Waals surface area contributed by atoms with Crippen LogP contribution in [0.25, 0.3) is 6.08 Å². The van der Waals surface area contributed by atoms with E-state index >= 15 is 0 Å². The molecule has 1 heterocycles. The first-order valence-electron chi connectivity index (χ1n) is 9.66. The monoisotopic (exact) mass is 484 g/mol. The van der Waals surface area contributed by atoms with E-state index in [4.69, 9.17) is 27.9 Å². The van der Waals surface area contributed by atoms with Crippen LogP contribution in [0.1, 0.15) is 11.1 Å². The van der Waals surface area contributed by atoms with E-state index in [-0.39, 0.29) is 39.2 Å². The molecule has 0 saturated carbocycles. The van der Waals surface area contributed by atoms with Crippen LogP contribution in [0.5, 0.6) is 5.75 Å². The van der Waals surface area contributed by atoms with Crippen molar-refractivity contribution >= 4 is 52.8 Å². The van der Waals surface area contributed by atoms with E-state index < -0.39 is 23.7 Å².